The van der Waals surface area contributed by atoms with Crippen LogP contribution in [0, 0.1) is 6.92 Å². The Labute approximate surface area is 142 Å². The fourth-order valence-electron chi connectivity index (χ4n) is 1.72. The van der Waals surface area contributed by atoms with Crippen molar-refractivity contribution in [1.29, 1.82) is 0 Å². The molecule has 2 rings (SSSR count). The molecular weight excluding hydrogens is 338 g/mol. The van der Waals surface area contributed by atoms with E-state index in [1.54, 1.807) is 10.9 Å². The molecule has 2 N–H and O–H groups in total. The largest absolute Gasteiger partial charge is 0.341 e. The highest BCUT2D eigenvalue weighted by Crippen LogP contribution is 2.24. The Hall–Kier alpha value is -2.06. The first-order valence-electron chi connectivity index (χ1n) is 6.82. The minimum atomic E-state index is -0.516. The Morgan fingerprint density at radius 2 is 2.17 bits per heavy atom. The fraction of sp³-hybridized carbons (Fsp3) is 0.286. The normalized spacial score (nSPS) is 10.4. The molecule has 2 aromatic rings. The molecule has 0 radical (unpaired) electrons. The topological polar surface area (TPSA) is 88.9 Å². The molecule has 122 valence electrons. The average molecular weight is 354 g/mol. The van der Waals surface area contributed by atoms with Crippen LogP contribution in [0.15, 0.2) is 29.7 Å². The summed E-state index contributed by atoms with van der Waals surface area (Å²) in [5.41, 5.74) is 1.84. The van der Waals surface area contributed by atoms with Crippen molar-refractivity contribution < 1.29 is 9.59 Å². The number of benzene rings is 1. The minimum Gasteiger partial charge on any atom is -0.341 e. The molecule has 0 aliphatic rings. The minimum absolute atomic E-state index is 0.194. The van der Waals surface area contributed by atoms with Crippen molar-refractivity contribution in [3.63, 3.8) is 0 Å². The molecule has 0 saturated carbocycles. The molecule has 0 aliphatic carbocycles. The second-order valence-electron chi connectivity index (χ2n) is 4.64. The van der Waals surface area contributed by atoms with Crippen LogP contribution in [0.25, 0.3) is 5.69 Å². The molecule has 0 spiro atoms. The number of carbonyl (C=O) groups is 2. The molecule has 7 nitrogen and oxygen atoms in total. The number of carbonyl (C=O) groups excluding carboxylic acids is 2. The van der Waals surface area contributed by atoms with Gasteiger partial charge in [0, 0.05) is 24.2 Å². The second-order valence-corrected chi connectivity index (χ2v) is 6.11. The van der Waals surface area contributed by atoms with Crippen LogP contribution in [-0.2, 0) is 4.79 Å². The number of aryl methyl sites for hydroxylation is 1. The summed E-state index contributed by atoms with van der Waals surface area (Å²) < 4.78 is 1.80. The standard InChI is InChI=1S/C14H16ClN5O2S/c1-9-3-4-10(7-11(9)15)20-8-17-19-14(20)23-6-5-12(21)18-13(22)16-2/h3-4,7-8H,5-6H2,1-2H3,(H2,16,18,21,22). The van der Waals surface area contributed by atoms with Crippen LogP contribution in [0.1, 0.15) is 12.0 Å². The molecular formula is C14H16ClN5O2S. The zero-order valence-electron chi connectivity index (χ0n) is 12.7. The fourth-order valence-corrected chi connectivity index (χ4v) is 2.76. The number of rotatable bonds is 5. The van der Waals surface area contributed by atoms with Gasteiger partial charge in [-0.05, 0) is 24.6 Å². The zero-order chi connectivity index (χ0) is 16.8. The Balaban J connectivity index is 1.97. The van der Waals surface area contributed by atoms with E-state index in [9.17, 15) is 9.59 Å². The Morgan fingerprint density at radius 1 is 1.39 bits per heavy atom. The quantitative estimate of drug-likeness (QED) is 0.804. The number of hydrogen-bond acceptors (Lipinski definition) is 5. The zero-order valence-corrected chi connectivity index (χ0v) is 14.2. The van der Waals surface area contributed by atoms with Gasteiger partial charge in [0.25, 0.3) is 0 Å². The van der Waals surface area contributed by atoms with E-state index in [-0.39, 0.29) is 12.3 Å². The van der Waals surface area contributed by atoms with E-state index in [0.29, 0.717) is 15.9 Å². The summed E-state index contributed by atoms with van der Waals surface area (Å²) in [6.45, 7) is 1.93. The first kappa shape index (κ1) is 17.3. The van der Waals surface area contributed by atoms with Gasteiger partial charge in [-0.2, -0.15) is 0 Å². The molecule has 0 aliphatic heterocycles. The SMILES string of the molecule is CNC(=O)NC(=O)CCSc1nncn1-c1ccc(C)c(Cl)c1. The van der Waals surface area contributed by atoms with Gasteiger partial charge in [-0.15, -0.1) is 10.2 Å². The lowest BCUT2D eigenvalue weighted by molar-refractivity contribution is -0.119. The van der Waals surface area contributed by atoms with Gasteiger partial charge in [-0.3, -0.25) is 14.7 Å². The first-order valence-corrected chi connectivity index (χ1v) is 8.18. The van der Waals surface area contributed by atoms with Gasteiger partial charge in [0.1, 0.15) is 6.33 Å². The lowest BCUT2D eigenvalue weighted by atomic mass is 10.2. The Morgan fingerprint density at radius 3 is 2.87 bits per heavy atom. The molecule has 9 heteroatoms. The number of urea groups is 1. The van der Waals surface area contributed by atoms with Crippen molar-refractivity contribution in [2.45, 2.75) is 18.5 Å². The maximum absolute atomic E-state index is 11.5. The summed E-state index contributed by atoms with van der Waals surface area (Å²) in [5.74, 6) is 0.127. The van der Waals surface area contributed by atoms with Gasteiger partial charge in [0.15, 0.2) is 5.16 Å². The number of aromatic nitrogens is 3. The van der Waals surface area contributed by atoms with Crippen molar-refractivity contribution in [1.82, 2.24) is 25.4 Å². The van der Waals surface area contributed by atoms with E-state index in [1.165, 1.54) is 18.8 Å². The summed E-state index contributed by atoms with van der Waals surface area (Å²) in [6, 6.07) is 5.16. The van der Waals surface area contributed by atoms with Gasteiger partial charge in [-0.1, -0.05) is 29.4 Å². The number of amides is 3. The molecule has 1 aromatic carbocycles. The lowest BCUT2D eigenvalue weighted by Crippen LogP contribution is -2.37. The molecule has 3 amide bonds. The van der Waals surface area contributed by atoms with Crippen LogP contribution >= 0.6 is 23.4 Å². The summed E-state index contributed by atoms with van der Waals surface area (Å²) in [4.78, 5) is 22.6. The smallest absolute Gasteiger partial charge is 0.321 e. The van der Waals surface area contributed by atoms with Gasteiger partial charge < -0.3 is 5.32 Å². The second kappa shape index (κ2) is 7.98. The third-order valence-electron chi connectivity index (χ3n) is 2.99. The van der Waals surface area contributed by atoms with Gasteiger partial charge in [-0.25, -0.2) is 4.79 Å². The predicted octanol–water partition coefficient (Wildman–Crippen LogP) is 2.17. The maximum Gasteiger partial charge on any atom is 0.321 e. The Kier molecular flexibility index (Phi) is 6.00. The predicted molar refractivity (Wildman–Crippen MR) is 89.0 cm³/mol. The number of nitrogens with zero attached hydrogens (tertiary/aromatic N) is 3. The highest BCUT2D eigenvalue weighted by atomic mass is 35.5. The summed E-state index contributed by atoms with van der Waals surface area (Å²) in [5, 5.41) is 13.8. The van der Waals surface area contributed by atoms with E-state index < -0.39 is 6.03 Å². The molecule has 23 heavy (non-hydrogen) atoms. The van der Waals surface area contributed by atoms with E-state index in [2.05, 4.69) is 20.8 Å². The molecule has 0 fully saturated rings. The summed E-state index contributed by atoms with van der Waals surface area (Å²) in [7, 11) is 1.45. The first-order chi connectivity index (χ1) is 11.0. The molecule has 0 atom stereocenters. The summed E-state index contributed by atoms with van der Waals surface area (Å²) >= 11 is 7.51. The summed E-state index contributed by atoms with van der Waals surface area (Å²) in [6.07, 6.45) is 1.79. The van der Waals surface area contributed by atoms with Crippen LogP contribution in [0.4, 0.5) is 4.79 Å². The number of thioether (sulfide) groups is 1. The highest BCUT2D eigenvalue weighted by molar-refractivity contribution is 7.99. The highest BCUT2D eigenvalue weighted by Gasteiger charge is 2.10. The third kappa shape index (κ3) is 4.70. The van der Waals surface area contributed by atoms with Crippen LogP contribution in [0.2, 0.25) is 5.02 Å². The van der Waals surface area contributed by atoms with Crippen LogP contribution in [0.3, 0.4) is 0 Å². The van der Waals surface area contributed by atoms with E-state index in [1.807, 2.05) is 25.1 Å². The van der Waals surface area contributed by atoms with Crippen molar-refractivity contribution >= 4 is 35.3 Å². The van der Waals surface area contributed by atoms with Gasteiger partial charge >= 0.3 is 6.03 Å². The average Bonchev–Trinajstić information content (AvgIpc) is 2.98. The van der Waals surface area contributed by atoms with Gasteiger partial charge in [0.05, 0.1) is 5.69 Å². The third-order valence-corrected chi connectivity index (χ3v) is 4.34. The van der Waals surface area contributed by atoms with Crippen molar-refractivity contribution in [3.05, 3.63) is 35.1 Å². The van der Waals surface area contributed by atoms with E-state index >= 15 is 0 Å². The lowest BCUT2D eigenvalue weighted by Gasteiger charge is -2.08. The van der Waals surface area contributed by atoms with Crippen molar-refractivity contribution in [2.75, 3.05) is 12.8 Å². The monoisotopic (exact) mass is 353 g/mol. The number of hydrogen-bond donors (Lipinski definition) is 2. The molecule has 1 heterocycles. The number of imide groups is 1. The van der Waals surface area contributed by atoms with Crippen molar-refractivity contribution in [2.24, 2.45) is 0 Å². The van der Waals surface area contributed by atoms with E-state index in [4.69, 9.17) is 11.6 Å². The molecule has 0 saturated heterocycles. The molecule has 1 aromatic heterocycles. The van der Waals surface area contributed by atoms with Crippen LogP contribution in [0.5, 0.6) is 0 Å². The van der Waals surface area contributed by atoms with Crippen LogP contribution in [-0.4, -0.2) is 39.5 Å². The maximum atomic E-state index is 11.5. The van der Waals surface area contributed by atoms with Gasteiger partial charge in [0.2, 0.25) is 5.91 Å². The Bertz CT molecular complexity index is 719. The van der Waals surface area contributed by atoms with Crippen molar-refractivity contribution in [3.8, 4) is 5.69 Å². The van der Waals surface area contributed by atoms with Crippen LogP contribution < -0.4 is 10.6 Å². The molecule has 0 bridgehead atoms. The number of nitrogens with one attached hydrogen (secondary N) is 2. The number of halogens is 1. The van der Waals surface area contributed by atoms with E-state index in [0.717, 1.165) is 11.3 Å². The molecule has 0 unspecified atom stereocenters.